The van der Waals surface area contributed by atoms with Gasteiger partial charge < -0.3 is 33.4 Å². The fraction of sp³-hybridized carbons (Fsp3) is 0.257. The predicted octanol–water partition coefficient (Wildman–Crippen LogP) is 5.70. The minimum atomic E-state index is -1.32. The Morgan fingerprint density at radius 1 is 0.932 bits per heavy atom. The molecule has 0 aliphatic carbocycles. The fourth-order valence-corrected chi connectivity index (χ4v) is 6.04. The Morgan fingerprint density at radius 3 is 2.30 bits per heavy atom. The molecule has 226 valence electrons. The third kappa shape index (κ3) is 4.69. The molecule has 5 aromatic rings. The molecule has 2 heterocycles. The molecule has 0 bridgehead atoms. The minimum absolute atomic E-state index is 0.234. The van der Waals surface area contributed by atoms with E-state index < -0.39 is 23.8 Å². The van der Waals surface area contributed by atoms with Crippen LogP contribution < -0.4 is 24.4 Å². The number of fused-ring (bicyclic) bond motifs is 5. The van der Waals surface area contributed by atoms with Crippen molar-refractivity contribution in [2.75, 3.05) is 21.3 Å². The van der Waals surface area contributed by atoms with Crippen molar-refractivity contribution in [3.63, 3.8) is 0 Å². The average molecular weight is 596 g/mol. The predicted molar refractivity (Wildman–Crippen MR) is 169 cm³/mol. The fourth-order valence-electron chi connectivity index (χ4n) is 6.04. The Kier molecular flexibility index (Phi) is 7.21. The number of aromatic nitrogens is 1. The van der Waals surface area contributed by atoms with Crippen LogP contribution in [0, 0.1) is 0 Å². The summed E-state index contributed by atoms with van der Waals surface area (Å²) in [6.45, 7) is 3.47. The van der Waals surface area contributed by atoms with E-state index in [2.05, 4.69) is 0 Å². The number of nitrogens with zero attached hydrogens (tertiary/aromatic N) is 1. The van der Waals surface area contributed by atoms with Crippen LogP contribution in [0.3, 0.4) is 0 Å². The van der Waals surface area contributed by atoms with Crippen LogP contribution in [0.1, 0.15) is 31.1 Å². The van der Waals surface area contributed by atoms with E-state index in [0.717, 1.165) is 10.8 Å². The highest BCUT2D eigenvalue weighted by molar-refractivity contribution is 6.04. The maximum Gasteiger partial charge on any atom is 0.331 e. The lowest BCUT2D eigenvalue weighted by Gasteiger charge is -2.42. The van der Waals surface area contributed by atoms with Gasteiger partial charge in [0.1, 0.15) is 23.2 Å². The lowest BCUT2D eigenvalue weighted by molar-refractivity contribution is -0.171. The molecule has 4 aromatic carbocycles. The molecule has 9 nitrogen and oxygen atoms in total. The zero-order valence-electron chi connectivity index (χ0n) is 25.3. The van der Waals surface area contributed by atoms with Gasteiger partial charge in [0.05, 0.1) is 43.3 Å². The van der Waals surface area contributed by atoms with Crippen LogP contribution in [0.25, 0.3) is 38.7 Å². The SMILES string of the molecule is COc1ccc(C=CC(=O)O[C@@H]2[C@H](O)c3c(cc(OC)c4c(=O)c5cc6ccccc6cc5n(C)c34)OC2(C)C)cc1OC. The number of esters is 1. The summed E-state index contributed by atoms with van der Waals surface area (Å²) in [7, 11) is 6.40. The number of rotatable bonds is 6. The number of aliphatic hydroxyl groups is 1. The van der Waals surface area contributed by atoms with Crippen LogP contribution >= 0.6 is 0 Å². The van der Waals surface area contributed by atoms with E-state index in [9.17, 15) is 14.7 Å². The second kappa shape index (κ2) is 10.9. The highest BCUT2D eigenvalue weighted by atomic mass is 16.6. The van der Waals surface area contributed by atoms with Crippen molar-refractivity contribution in [3.05, 3.63) is 88.1 Å². The molecular weight excluding hydrogens is 562 g/mol. The van der Waals surface area contributed by atoms with E-state index in [1.807, 2.05) is 48.0 Å². The number of methoxy groups -OCH3 is 3. The van der Waals surface area contributed by atoms with Crippen molar-refractivity contribution >= 4 is 44.6 Å². The molecule has 1 N–H and O–H groups in total. The third-order valence-corrected chi connectivity index (χ3v) is 8.22. The summed E-state index contributed by atoms with van der Waals surface area (Å²) >= 11 is 0. The van der Waals surface area contributed by atoms with Crippen LogP contribution in [-0.4, -0.2) is 48.7 Å². The van der Waals surface area contributed by atoms with Gasteiger partial charge in [0.2, 0.25) is 5.43 Å². The van der Waals surface area contributed by atoms with Gasteiger partial charge in [0.25, 0.3) is 0 Å². The average Bonchev–Trinajstić information content (AvgIpc) is 3.02. The molecule has 0 saturated carbocycles. The molecular formula is C35H33NO8. The maximum absolute atomic E-state index is 14.0. The summed E-state index contributed by atoms with van der Waals surface area (Å²) < 4.78 is 30.4. The molecule has 0 saturated heterocycles. The summed E-state index contributed by atoms with van der Waals surface area (Å²) in [5.41, 5.74) is 0.803. The topological polar surface area (TPSA) is 105 Å². The first-order valence-corrected chi connectivity index (χ1v) is 14.1. The molecule has 0 unspecified atom stereocenters. The Labute approximate surface area is 253 Å². The Balaban J connectivity index is 1.45. The Bertz CT molecular complexity index is 2040. The van der Waals surface area contributed by atoms with Crippen molar-refractivity contribution < 1.29 is 33.6 Å². The van der Waals surface area contributed by atoms with Crippen molar-refractivity contribution in [1.82, 2.24) is 4.57 Å². The standard InChI is InChI=1S/C35H33NO8/c1-35(2)34(43-28(37)14-12-19-11-13-24(40-4)25(15-19)41-5)33(39)30-27(44-35)18-26(42-6)29-31(30)36(3)23-17-21-10-8-7-9-20(21)16-22(23)32(29)38/h7-18,33-34,39H,1-6H3/t33-,34-/m1/s1. The second-order valence-corrected chi connectivity index (χ2v) is 11.3. The van der Waals surface area contributed by atoms with Crippen LogP contribution in [-0.2, 0) is 16.6 Å². The summed E-state index contributed by atoms with van der Waals surface area (Å²) in [4.78, 5) is 27.1. The van der Waals surface area contributed by atoms with Crippen molar-refractivity contribution in [2.24, 2.45) is 7.05 Å². The van der Waals surface area contributed by atoms with Gasteiger partial charge in [-0.2, -0.15) is 0 Å². The van der Waals surface area contributed by atoms with Crippen molar-refractivity contribution in [3.8, 4) is 23.0 Å². The molecule has 1 aliphatic rings. The summed E-state index contributed by atoms with van der Waals surface area (Å²) in [5, 5.41) is 14.6. The quantitative estimate of drug-likeness (QED) is 0.151. The number of carbonyl (C=O) groups excluding carboxylic acids is 1. The number of hydrogen-bond acceptors (Lipinski definition) is 8. The van der Waals surface area contributed by atoms with Crippen LogP contribution in [0.5, 0.6) is 23.0 Å². The minimum Gasteiger partial charge on any atom is -0.496 e. The second-order valence-electron chi connectivity index (χ2n) is 11.3. The number of benzene rings is 4. The lowest BCUT2D eigenvalue weighted by atomic mass is 9.86. The van der Waals surface area contributed by atoms with E-state index in [1.54, 1.807) is 51.3 Å². The first-order valence-electron chi connectivity index (χ1n) is 14.1. The molecule has 9 heteroatoms. The molecule has 6 rings (SSSR count). The summed E-state index contributed by atoms with van der Waals surface area (Å²) in [5.74, 6) is 1.08. The highest BCUT2D eigenvalue weighted by Gasteiger charge is 2.47. The van der Waals surface area contributed by atoms with Gasteiger partial charge in [-0.15, -0.1) is 0 Å². The van der Waals surface area contributed by atoms with E-state index in [4.69, 9.17) is 23.7 Å². The van der Waals surface area contributed by atoms with Crippen LogP contribution in [0.4, 0.5) is 0 Å². The number of pyridine rings is 1. The smallest absolute Gasteiger partial charge is 0.331 e. The number of hydrogen-bond donors (Lipinski definition) is 1. The van der Waals surface area contributed by atoms with Gasteiger partial charge in [0.15, 0.2) is 17.6 Å². The normalized spacial score (nSPS) is 17.4. The van der Waals surface area contributed by atoms with Gasteiger partial charge >= 0.3 is 5.97 Å². The van der Waals surface area contributed by atoms with Gasteiger partial charge in [-0.05, 0) is 60.5 Å². The van der Waals surface area contributed by atoms with Gasteiger partial charge in [0, 0.05) is 24.6 Å². The zero-order valence-corrected chi connectivity index (χ0v) is 25.3. The highest BCUT2D eigenvalue weighted by Crippen LogP contribution is 2.47. The zero-order chi connectivity index (χ0) is 31.3. The van der Waals surface area contributed by atoms with E-state index in [1.165, 1.54) is 20.3 Å². The first-order chi connectivity index (χ1) is 21.1. The largest absolute Gasteiger partial charge is 0.496 e. The first kappa shape index (κ1) is 29.1. The number of ether oxygens (including phenoxy) is 5. The lowest BCUT2D eigenvalue weighted by Crippen LogP contribution is -2.51. The van der Waals surface area contributed by atoms with Crippen molar-refractivity contribution in [2.45, 2.75) is 31.7 Å². The third-order valence-electron chi connectivity index (χ3n) is 8.22. The van der Waals surface area contributed by atoms with Gasteiger partial charge in [-0.25, -0.2) is 4.79 Å². The molecule has 44 heavy (non-hydrogen) atoms. The van der Waals surface area contributed by atoms with Gasteiger partial charge in [-0.3, -0.25) is 4.79 Å². The number of aryl methyl sites for hydroxylation is 1. The van der Waals surface area contributed by atoms with Crippen molar-refractivity contribution in [1.29, 1.82) is 0 Å². The van der Waals surface area contributed by atoms with Crippen LogP contribution in [0.2, 0.25) is 0 Å². The monoisotopic (exact) mass is 595 g/mol. The van der Waals surface area contributed by atoms with Gasteiger partial charge in [-0.1, -0.05) is 30.3 Å². The number of aliphatic hydroxyl groups excluding tert-OH is 1. The van der Waals surface area contributed by atoms with Crippen LogP contribution in [0.15, 0.2) is 71.5 Å². The Morgan fingerprint density at radius 2 is 1.61 bits per heavy atom. The van der Waals surface area contributed by atoms with E-state index in [-0.39, 0.29) is 5.43 Å². The molecule has 0 amide bonds. The maximum atomic E-state index is 14.0. The molecule has 0 fully saturated rings. The van der Waals surface area contributed by atoms with E-state index >= 15 is 0 Å². The summed E-state index contributed by atoms with van der Waals surface area (Å²) in [6, 6.07) is 18.5. The molecule has 0 radical (unpaired) electrons. The Hall–Kier alpha value is -5.02. The van der Waals surface area contributed by atoms with E-state index in [0.29, 0.717) is 55.9 Å². The molecule has 1 aliphatic heterocycles. The summed E-state index contributed by atoms with van der Waals surface area (Å²) in [6.07, 6.45) is 0.447. The number of carbonyl (C=O) groups is 1. The molecule has 2 atom stereocenters. The molecule has 0 spiro atoms. The molecule has 1 aromatic heterocycles.